The summed E-state index contributed by atoms with van der Waals surface area (Å²) in [4.78, 5) is 41.2. The molecule has 0 saturated heterocycles. The van der Waals surface area contributed by atoms with Crippen LogP contribution < -0.4 is 0 Å². The van der Waals surface area contributed by atoms with Gasteiger partial charge in [0.05, 0.1) is 30.2 Å². The summed E-state index contributed by atoms with van der Waals surface area (Å²) < 4.78 is 16.6. The molecule has 5 aromatic rings. The van der Waals surface area contributed by atoms with Gasteiger partial charge in [0.1, 0.15) is 5.82 Å². The highest BCUT2D eigenvalue weighted by Gasteiger charge is 2.41. The van der Waals surface area contributed by atoms with E-state index in [-0.39, 0.29) is 11.4 Å². The zero-order valence-electron chi connectivity index (χ0n) is 28.2. The van der Waals surface area contributed by atoms with Crippen LogP contribution in [0.15, 0.2) is 79.1 Å². The number of halogens is 1. The van der Waals surface area contributed by atoms with E-state index in [0.29, 0.717) is 5.92 Å². The lowest BCUT2D eigenvalue weighted by molar-refractivity contribution is -0.170. The number of aliphatic carboxylic acids is 3. The van der Waals surface area contributed by atoms with Crippen LogP contribution in [-0.4, -0.2) is 83.0 Å². The lowest BCUT2D eigenvalue weighted by atomic mass is 9.71. The summed E-state index contributed by atoms with van der Waals surface area (Å²) in [6, 6.07) is 24.3. The largest absolute Gasteiger partial charge is 0.481 e. The third kappa shape index (κ3) is 8.20. The molecule has 1 aliphatic carbocycles. The molecule has 11 nitrogen and oxygen atoms in total. The molecule has 12 heteroatoms. The minimum Gasteiger partial charge on any atom is -0.481 e. The third-order valence-corrected chi connectivity index (χ3v) is 9.97. The number of aryl methyl sites for hydroxylation is 2. The number of benzene rings is 3. The van der Waals surface area contributed by atoms with Crippen molar-refractivity contribution in [2.75, 3.05) is 14.1 Å². The quantitative estimate of drug-likeness (QED) is 0.108. The number of hydrogen-bond donors (Lipinski definition) is 5. The van der Waals surface area contributed by atoms with Crippen LogP contribution in [0.1, 0.15) is 61.3 Å². The fourth-order valence-corrected chi connectivity index (χ4v) is 7.20. The predicted molar refractivity (Wildman–Crippen MR) is 187 cm³/mol. The van der Waals surface area contributed by atoms with E-state index in [1.165, 1.54) is 16.8 Å². The van der Waals surface area contributed by atoms with Crippen LogP contribution in [0.5, 0.6) is 0 Å². The van der Waals surface area contributed by atoms with Gasteiger partial charge in [0, 0.05) is 28.7 Å². The van der Waals surface area contributed by atoms with Crippen molar-refractivity contribution in [1.29, 1.82) is 0 Å². The van der Waals surface area contributed by atoms with Crippen molar-refractivity contribution in [3.05, 3.63) is 102 Å². The summed E-state index contributed by atoms with van der Waals surface area (Å²) >= 11 is 0. The Labute approximate surface area is 289 Å². The van der Waals surface area contributed by atoms with Crippen LogP contribution in [0.25, 0.3) is 21.9 Å². The molecule has 0 aliphatic heterocycles. The van der Waals surface area contributed by atoms with E-state index in [0.717, 1.165) is 67.0 Å². The first-order chi connectivity index (χ1) is 23.8. The monoisotopic (exact) mass is 686 g/mol. The molecule has 1 aliphatic rings. The number of H-pyrrole nitrogens is 1. The van der Waals surface area contributed by atoms with Gasteiger partial charge in [-0.15, -0.1) is 0 Å². The van der Waals surface area contributed by atoms with Gasteiger partial charge >= 0.3 is 17.9 Å². The second-order valence-corrected chi connectivity index (χ2v) is 13.4. The number of nitrogens with one attached hydrogen (secondary N) is 1. The van der Waals surface area contributed by atoms with Crippen molar-refractivity contribution in [2.45, 2.75) is 75.0 Å². The highest BCUT2D eigenvalue weighted by Crippen LogP contribution is 2.44. The summed E-state index contributed by atoms with van der Waals surface area (Å²) in [5, 5.41) is 34.8. The molecule has 3 aromatic carbocycles. The van der Waals surface area contributed by atoms with Crippen molar-refractivity contribution in [3.8, 4) is 0 Å². The molecule has 2 aromatic heterocycles. The van der Waals surface area contributed by atoms with Gasteiger partial charge in [-0.3, -0.25) is 9.59 Å². The normalized spacial score (nSPS) is 17.8. The molecule has 1 saturated carbocycles. The standard InChI is InChI=1S/C32H35FN4.C6H8O7/c1-36(2)32(21-23-8-4-3-5-9-23)17-14-24(15-18-32)31-26(27-20-25(33)12-13-28(27)35-31)16-19-37-22-34-29-10-6-7-11-30(29)37;7-3(8)1-6(13,5(11)12)2-4(9)10/h3-13,20,22,24,35H,14-19,21H2,1-2H3;13H,1-2H2,(H,7,8)(H,9,10)(H,11,12). The average Bonchev–Trinajstić information content (AvgIpc) is 3.65. The van der Waals surface area contributed by atoms with Gasteiger partial charge in [-0.05, 0) is 100.0 Å². The zero-order chi connectivity index (χ0) is 36.1. The molecule has 264 valence electrons. The number of likely N-dealkylation sites (N-methyl/N-ethyl adjacent to an activating group) is 1. The molecule has 0 radical (unpaired) electrons. The summed E-state index contributed by atoms with van der Waals surface area (Å²) in [6.07, 6.45) is 6.11. The fraction of sp³-hybridized carbons (Fsp3) is 0.368. The van der Waals surface area contributed by atoms with E-state index in [1.54, 1.807) is 12.1 Å². The Morgan fingerprint density at radius 1 is 0.960 bits per heavy atom. The van der Waals surface area contributed by atoms with Crippen LogP contribution in [0, 0.1) is 5.82 Å². The molecule has 5 N–H and O–H groups in total. The number of imidazole rings is 1. The van der Waals surface area contributed by atoms with E-state index in [9.17, 15) is 18.8 Å². The van der Waals surface area contributed by atoms with Crippen LogP contribution in [-0.2, 0) is 33.8 Å². The van der Waals surface area contributed by atoms with Crippen LogP contribution >= 0.6 is 0 Å². The van der Waals surface area contributed by atoms with E-state index in [4.69, 9.17) is 20.4 Å². The van der Waals surface area contributed by atoms with E-state index < -0.39 is 36.4 Å². The molecule has 0 unspecified atom stereocenters. The lowest BCUT2D eigenvalue weighted by Crippen LogP contribution is -2.48. The highest BCUT2D eigenvalue weighted by atomic mass is 19.1. The molecule has 0 spiro atoms. The average molecular weight is 687 g/mol. The molecule has 0 amide bonds. The zero-order valence-corrected chi connectivity index (χ0v) is 28.2. The number of carboxylic acid groups (broad SMARTS) is 3. The molecule has 6 rings (SSSR count). The Kier molecular flexibility index (Phi) is 11.0. The Balaban J connectivity index is 0.000000320. The Morgan fingerprint density at radius 3 is 2.22 bits per heavy atom. The lowest BCUT2D eigenvalue weighted by Gasteiger charge is -2.45. The molecule has 2 heterocycles. The smallest absolute Gasteiger partial charge is 0.336 e. The Bertz CT molecular complexity index is 1950. The van der Waals surface area contributed by atoms with Gasteiger partial charge in [-0.25, -0.2) is 14.2 Å². The highest BCUT2D eigenvalue weighted by molar-refractivity contribution is 5.88. The summed E-state index contributed by atoms with van der Waals surface area (Å²) in [5.74, 6) is -4.74. The second kappa shape index (κ2) is 15.2. The van der Waals surface area contributed by atoms with Crippen molar-refractivity contribution < 1.29 is 39.2 Å². The topological polar surface area (TPSA) is 169 Å². The van der Waals surface area contributed by atoms with E-state index >= 15 is 0 Å². The van der Waals surface area contributed by atoms with E-state index in [1.807, 2.05) is 24.5 Å². The summed E-state index contributed by atoms with van der Waals surface area (Å²) in [6.45, 7) is 0.819. The summed E-state index contributed by atoms with van der Waals surface area (Å²) in [5.41, 5.74) is 4.60. The Morgan fingerprint density at radius 2 is 1.60 bits per heavy atom. The Hall–Kier alpha value is -5.07. The number of nitrogens with zero attached hydrogens (tertiary/aromatic N) is 3. The van der Waals surface area contributed by atoms with Gasteiger partial charge in [0.15, 0.2) is 5.60 Å². The van der Waals surface area contributed by atoms with Crippen molar-refractivity contribution >= 4 is 39.8 Å². The first kappa shape index (κ1) is 36.2. The number of carbonyl (C=O) groups is 3. The van der Waals surface area contributed by atoms with Gasteiger partial charge in [-0.1, -0.05) is 42.5 Å². The van der Waals surface area contributed by atoms with Gasteiger partial charge in [0.2, 0.25) is 0 Å². The predicted octanol–water partition coefficient (Wildman–Crippen LogP) is 5.85. The maximum absolute atomic E-state index is 14.4. The number of hydrogen-bond acceptors (Lipinski definition) is 6. The van der Waals surface area contributed by atoms with Gasteiger partial charge in [-0.2, -0.15) is 0 Å². The minimum atomic E-state index is -2.74. The van der Waals surface area contributed by atoms with Crippen LogP contribution in [0.3, 0.4) is 0 Å². The fourth-order valence-electron chi connectivity index (χ4n) is 7.20. The number of para-hydroxylation sites is 2. The molecular formula is C38H43FN4O7. The minimum absolute atomic E-state index is 0.172. The number of carboxylic acids is 3. The molecular weight excluding hydrogens is 643 g/mol. The van der Waals surface area contributed by atoms with Crippen LogP contribution in [0.4, 0.5) is 4.39 Å². The van der Waals surface area contributed by atoms with Crippen LogP contribution in [0.2, 0.25) is 0 Å². The maximum atomic E-state index is 14.4. The summed E-state index contributed by atoms with van der Waals surface area (Å²) in [7, 11) is 4.46. The SMILES string of the molecule is CN(C)C1(Cc2ccccc2)CCC(c2[nH]c3ccc(F)cc3c2CCn2cnc3ccccc32)CC1.O=C(O)CC(O)(CC(=O)O)C(=O)O. The number of aliphatic hydroxyl groups is 1. The third-order valence-electron chi connectivity index (χ3n) is 9.97. The first-order valence-corrected chi connectivity index (χ1v) is 16.6. The first-order valence-electron chi connectivity index (χ1n) is 16.6. The van der Waals surface area contributed by atoms with Crippen molar-refractivity contribution in [3.63, 3.8) is 0 Å². The number of rotatable bonds is 12. The second-order valence-electron chi connectivity index (χ2n) is 13.4. The van der Waals surface area contributed by atoms with Gasteiger partial charge < -0.3 is 34.9 Å². The van der Waals surface area contributed by atoms with Crippen molar-refractivity contribution in [2.24, 2.45) is 0 Å². The molecule has 0 atom stereocenters. The number of aromatic amines is 1. The molecule has 50 heavy (non-hydrogen) atoms. The molecule has 1 fully saturated rings. The number of aromatic nitrogens is 3. The van der Waals surface area contributed by atoms with E-state index in [2.05, 4.69) is 76.0 Å². The molecule has 0 bridgehead atoms. The van der Waals surface area contributed by atoms with Crippen molar-refractivity contribution in [1.82, 2.24) is 19.4 Å². The number of fused-ring (bicyclic) bond motifs is 2. The maximum Gasteiger partial charge on any atom is 0.336 e. The van der Waals surface area contributed by atoms with Gasteiger partial charge in [0.25, 0.3) is 0 Å².